The molecule has 7 nitrogen and oxygen atoms in total. The second kappa shape index (κ2) is 9.78. The first-order valence-electron chi connectivity index (χ1n) is 8.34. The van der Waals surface area contributed by atoms with E-state index in [0.717, 1.165) is 16.5 Å². The molecule has 144 valence electrons. The second-order valence-corrected chi connectivity index (χ2v) is 6.34. The first-order chi connectivity index (χ1) is 12.8. The number of hydrogen-bond acceptors (Lipinski definition) is 5. The number of nitrogens with one attached hydrogen (secondary N) is 2. The Hall–Kier alpha value is -2.80. The molecule has 1 aromatic heterocycles. The molecule has 0 unspecified atom stereocenters. The zero-order chi connectivity index (χ0) is 19.8. The molecule has 0 bridgehead atoms. The number of halogens is 1. The fraction of sp³-hybridized carbons (Fsp3) is 0.316. The summed E-state index contributed by atoms with van der Waals surface area (Å²) in [6, 6.07) is 5.59. The normalized spacial score (nSPS) is 10.3. The highest BCUT2D eigenvalue weighted by Gasteiger charge is 2.08. The molecule has 0 aliphatic heterocycles. The first kappa shape index (κ1) is 20.5. The lowest BCUT2D eigenvalue weighted by atomic mass is 10.1. The molecule has 1 aromatic carbocycles. The van der Waals surface area contributed by atoms with Gasteiger partial charge in [0, 0.05) is 54.2 Å². The molecule has 8 heteroatoms. The Morgan fingerprint density at radius 3 is 2.44 bits per heavy atom. The van der Waals surface area contributed by atoms with Crippen LogP contribution in [0.25, 0.3) is 10.9 Å². The molecule has 2 rings (SSSR count). The predicted molar refractivity (Wildman–Crippen MR) is 101 cm³/mol. The molecule has 1 amide bonds. The number of aromatic nitrogens is 1. The standard InChI is InChI=1S/C19H21ClN2O5/c1-12(23)26-10-14(11-27-13(2)24)7-19(25)21-6-5-15-9-22-18-4-3-16(20)8-17(15)18/h3-4,7-9,22H,5-6,10-11H2,1-2H3,(H,21,25). The highest BCUT2D eigenvalue weighted by Crippen LogP contribution is 2.22. The number of aromatic amines is 1. The zero-order valence-electron chi connectivity index (χ0n) is 15.1. The molecule has 0 aliphatic rings. The number of H-pyrrole nitrogens is 1. The lowest BCUT2D eigenvalue weighted by Crippen LogP contribution is -2.25. The molecule has 0 spiro atoms. The third-order valence-electron chi connectivity index (χ3n) is 3.68. The summed E-state index contributed by atoms with van der Waals surface area (Å²) in [6.45, 7) is 2.70. The fourth-order valence-electron chi connectivity index (χ4n) is 2.43. The van der Waals surface area contributed by atoms with Crippen molar-refractivity contribution >= 4 is 40.3 Å². The SMILES string of the molecule is CC(=O)OCC(=CC(=O)NCCc1c[nH]c2ccc(Cl)cc12)COC(C)=O. The smallest absolute Gasteiger partial charge is 0.302 e. The molecular weight excluding hydrogens is 372 g/mol. The molecular formula is C19H21ClN2O5. The minimum Gasteiger partial charge on any atom is -0.461 e. The summed E-state index contributed by atoms with van der Waals surface area (Å²) >= 11 is 6.03. The highest BCUT2D eigenvalue weighted by molar-refractivity contribution is 6.31. The van der Waals surface area contributed by atoms with Gasteiger partial charge in [-0.25, -0.2) is 0 Å². The molecule has 2 aromatic rings. The Kier molecular flexibility index (Phi) is 7.43. The van der Waals surface area contributed by atoms with E-state index in [2.05, 4.69) is 10.3 Å². The van der Waals surface area contributed by atoms with Crippen molar-refractivity contribution in [3.05, 3.63) is 46.6 Å². The minimum absolute atomic E-state index is 0.114. The summed E-state index contributed by atoms with van der Waals surface area (Å²) in [4.78, 5) is 37.1. The largest absolute Gasteiger partial charge is 0.461 e. The van der Waals surface area contributed by atoms with E-state index in [0.29, 0.717) is 23.6 Å². The minimum atomic E-state index is -0.484. The van der Waals surface area contributed by atoms with Gasteiger partial charge in [-0.2, -0.15) is 0 Å². The molecule has 27 heavy (non-hydrogen) atoms. The van der Waals surface area contributed by atoms with Crippen molar-refractivity contribution < 1.29 is 23.9 Å². The van der Waals surface area contributed by atoms with Crippen molar-refractivity contribution in [3.8, 4) is 0 Å². The van der Waals surface area contributed by atoms with Gasteiger partial charge < -0.3 is 19.8 Å². The first-order valence-corrected chi connectivity index (χ1v) is 8.72. The topological polar surface area (TPSA) is 97.5 Å². The predicted octanol–water partition coefficient (Wildman–Crippen LogP) is 2.53. The summed E-state index contributed by atoms with van der Waals surface area (Å²) < 4.78 is 9.73. The molecule has 0 saturated heterocycles. The van der Waals surface area contributed by atoms with Crippen molar-refractivity contribution in [1.82, 2.24) is 10.3 Å². The van der Waals surface area contributed by atoms with Gasteiger partial charge in [0.05, 0.1) is 0 Å². The van der Waals surface area contributed by atoms with E-state index < -0.39 is 11.9 Å². The van der Waals surface area contributed by atoms with E-state index in [-0.39, 0.29) is 19.1 Å². The molecule has 0 saturated carbocycles. The van der Waals surface area contributed by atoms with E-state index in [1.807, 2.05) is 24.4 Å². The van der Waals surface area contributed by atoms with Gasteiger partial charge >= 0.3 is 11.9 Å². The Morgan fingerprint density at radius 1 is 1.15 bits per heavy atom. The Morgan fingerprint density at radius 2 is 1.81 bits per heavy atom. The van der Waals surface area contributed by atoms with Crippen molar-refractivity contribution in [2.24, 2.45) is 0 Å². The number of carbonyl (C=O) groups is 3. The van der Waals surface area contributed by atoms with Crippen LogP contribution in [0.1, 0.15) is 19.4 Å². The summed E-state index contributed by atoms with van der Waals surface area (Å²) in [5, 5.41) is 4.42. The Bertz CT molecular complexity index is 852. The van der Waals surface area contributed by atoms with Crippen molar-refractivity contribution in [2.45, 2.75) is 20.3 Å². The van der Waals surface area contributed by atoms with Gasteiger partial charge in [0.15, 0.2) is 0 Å². The van der Waals surface area contributed by atoms with Gasteiger partial charge in [-0.05, 0) is 30.2 Å². The number of rotatable bonds is 8. The molecule has 2 N–H and O–H groups in total. The number of fused-ring (bicyclic) bond motifs is 1. The molecule has 0 aliphatic carbocycles. The Balaban J connectivity index is 1.92. The third kappa shape index (κ3) is 6.79. The number of esters is 2. The van der Waals surface area contributed by atoms with Crippen LogP contribution in [0.4, 0.5) is 0 Å². The maximum Gasteiger partial charge on any atom is 0.302 e. The zero-order valence-corrected chi connectivity index (χ0v) is 15.9. The molecule has 0 atom stereocenters. The number of hydrogen-bond donors (Lipinski definition) is 2. The van der Waals surface area contributed by atoms with Gasteiger partial charge in [0.2, 0.25) is 5.91 Å². The van der Waals surface area contributed by atoms with Crippen molar-refractivity contribution in [2.75, 3.05) is 19.8 Å². The summed E-state index contributed by atoms with van der Waals surface area (Å²) in [6.07, 6.45) is 3.77. The van der Waals surface area contributed by atoms with Crippen LogP contribution >= 0.6 is 11.6 Å². The van der Waals surface area contributed by atoms with Gasteiger partial charge in [0.1, 0.15) is 13.2 Å². The van der Waals surface area contributed by atoms with Gasteiger partial charge in [-0.1, -0.05) is 11.6 Å². The molecule has 0 fully saturated rings. The lowest BCUT2D eigenvalue weighted by Gasteiger charge is -2.08. The summed E-state index contributed by atoms with van der Waals surface area (Å²) in [5.41, 5.74) is 2.40. The second-order valence-electron chi connectivity index (χ2n) is 5.91. The monoisotopic (exact) mass is 392 g/mol. The number of amides is 1. The maximum absolute atomic E-state index is 12.1. The lowest BCUT2D eigenvalue weighted by molar-refractivity contribution is -0.141. The van der Waals surface area contributed by atoms with E-state index >= 15 is 0 Å². The van der Waals surface area contributed by atoms with E-state index in [9.17, 15) is 14.4 Å². The third-order valence-corrected chi connectivity index (χ3v) is 3.92. The van der Waals surface area contributed by atoms with Crippen LogP contribution in [0, 0.1) is 0 Å². The van der Waals surface area contributed by atoms with Crippen LogP contribution in [-0.4, -0.2) is 42.6 Å². The van der Waals surface area contributed by atoms with Crippen LogP contribution < -0.4 is 5.32 Å². The highest BCUT2D eigenvalue weighted by atomic mass is 35.5. The number of ether oxygens (including phenoxy) is 2. The molecule has 1 heterocycles. The van der Waals surface area contributed by atoms with Crippen molar-refractivity contribution in [3.63, 3.8) is 0 Å². The number of benzene rings is 1. The van der Waals surface area contributed by atoms with E-state index in [1.165, 1.54) is 19.9 Å². The Labute approximate surface area is 161 Å². The van der Waals surface area contributed by atoms with Gasteiger partial charge in [-0.15, -0.1) is 0 Å². The van der Waals surface area contributed by atoms with E-state index in [1.54, 1.807) is 0 Å². The van der Waals surface area contributed by atoms with Crippen LogP contribution in [0.5, 0.6) is 0 Å². The average Bonchev–Trinajstić information content (AvgIpc) is 2.99. The number of carbonyl (C=O) groups excluding carboxylic acids is 3. The van der Waals surface area contributed by atoms with Crippen LogP contribution in [0.3, 0.4) is 0 Å². The molecule has 0 radical (unpaired) electrons. The maximum atomic E-state index is 12.1. The van der Waals surface area contributed by atoms with Crippen LogP contribution in [0.15, 0.2) is 36.0 Å². The van der Waals surface area contributed by atoms with Gasteiger partial charge in [-0.3, -0.25) is 14.4 Å². The van der Waals surface area contributed by atoms with Gasteiger partial charge in [0.25, 0.3) is 0 Å². The van der Waals surface area contributed by atoms with Crippen LogP contribution in [0.2, 0.25) is 5.02 Å². The van der Waals surface area contributed by atoms with Crippen LogP contribution in [-0.2, 0) is 30.3 Å². The van der Waals surface area contributed by atoms with E-state index in [4.69, 9.17) is 21.1 Å². The average molecular weight is 393 g/mol. The van der Waals surface area contributed by atoms with Crippen molar-refractivity contribution in [1.29, 1.82) is 0 Å². The summed E-state index contributed by atoms with van der Waals surface area (Å²) in [5.74, 6) is -1.33. The fourth-order valence-corrected chi connectivity index (χ4v) is 2.60. The summed E-state index contributed by atoms with van der Waals surface area (Å²) in [7, 11) is 0. The quantitative estimate of drug-likeness (QED) is 0.531.